The highest BCUT2D eigenvalue weighted by atomic mass is 16.5. The molecule has 0 aromatic rings. The number of hydrogen-bond acceptors (Lipinski definition) is 3. The molecule has 1 saturated carbocycles. The van der Waals surface area contributed by atoms with Gasteiger partial charge in [-0.15, -0.1) is 0 Å². The molecule has 0 bridgehead atoms. The van der Waals surface area contributed by atoms with E-state index >= 15 is 0 Å². The maximum Gasteiger partial charge on any atom is 0.0623 e. The van der Waals surface area contributed by atoms with Crippen LogP contribution in [0.5, 0.6) is 0 Å². The van der Waals surface area contributed by atoms with Crippen molar-refractivity contribution in [2.24, 2.45) is 5.73 Å². The van der Waals surface area contributed by atoms with E-state index in [-0.39, 0.29) is 0 Å². The van der Waals surface area contributed by atoms with Crippen LogP contribution in [0.4, 0.5) is 0 Å². The first-order valence-electron chi connectivity index (χ1n) is 6.95. The van der Waals surface area contributed by atoms with Crippen molar-refractivity contribution in [1.82, 2.24) is 4.90 Å². The minimum absolute atomic E-state index is 0.585. The molecule has 2 rings (SSSR count). The van der Waals surface area contributed by atoms with E-state index in [0.717, 1.165) is 38.8 Å². The van der Waals surface area contributed by atoms with Gasteiger partial charge >= 0.3 is 0 Å². The molecule has 1 aliphatic carbocycles. The first-order chi connectivity index (χ1) is 7.92. The van der Waals surface area contributed by atoms with E-state index in [1.807, 2.05) is 0 Å². The van der Waals surface area contributed by atoms with Crippen molar-refractivity contribution in [2.45, 2.75) is 57.0 Å². The third-order valence-electron chi connectivity index (χ3n) is 4.07. The van der Waals surface area contributed by atoms with Crippen LogP contribution < -0.4 is 5.73 Å². The summed E-state index contributed by atoms with van der Waals surface area (Å²) in [5.41, 5.74) is 5.70. The van der Waals surface area contributed by atoms with Crippen LogP contribution in [0.25, 0.3) is 0 Å². The molecule has 16 heavy (non-hydrogen) atoms. The van der Waals surface area contributed by atoms with Gasteiger partial charge in [0.25, 0.3) is 0 Å². The molecule has 2 aliphatic rings. The van der Waals surface area contributed by atoms with Crippen LogP contribution in [0.15, 0.2) is 0 Å². The highest BCUT2D eigenvalue weighted by Crippen LogP contribution is 2.25. The number of rotatable bonds is 3. The Morgan fingerprint density at radius 3 is 2.56 bits per heavy atom. The zero-order chi connectivity index (χ0) is 11.2. The zero-order valence-electron chi connectivity index (χ0n) is 10.4. The Balaban J connectivity index is 1.92. The summed E-state index contributed by atoms with van der Waals surface area (Å²) in [5.74, 6) is 0. The highest BCUT2D eigenvalue weighted by Gasteiger charge is 2.28. The normalized spacial score (nSPS) is 30.2. The second-order valence-corrected chi connectivity index (χ2v) is 5.19. The summed E-state index contributed by atoms with van der Waals surface area (Å²) in [6.07, 6.45) is 9.57. The molecule has 0 radical (unpaired) electrons. The van der Waals surface area contributed by atoms with Gasteiger partial charge in [0, 0.05) is 18.6 Å². The number of nitrogens with two attached hydrogens (primary N) is 1. The maximum atomic E-state index is 5.70. The second kappa shape index (κ2) is 6.58. The van der Waals surface area contributed by atoms with Gasteiger partial charge in [0.1, 0.15) is 0 Å². The fraction of sp³-hybridized carbons (Fsp3) is 1.00. The van der Waals surface area contributed by atoms with E-state index in [0.29, 0.717) is 6.04 Å². The summed E-state index contributed by atoms with van der Waals surface area (Å²) < 4.78 is 5.59. The van der Waals surface area contributed by atoms with Crippen LogP contribution in [0.2, 0.25) is 0 Å². The number of ether oxygens (including phenoxy) is 1. The van der Waals surface area contributed by atoms with E-state index in [1.54, 1.807) is 0 Å². The van der Waals surface area contributed by atoms with E-state index in [9.17, 15) is 0 Å². The van der Waals surface area contributed by atoms with E-state index < -0.39 is 0 Å². The molecule has 2 fully saturated rings. The molecule has 1 heterocycles. The SMILES string of the molecule is NCCC1COCCN1C1CCCCCC1. The third kappa shape index (κ3) is 3.19. The largest absolute Gasteiger partial charge is 0.378 e. The van der Waals surface area contributed by atoms with Crippen LogP contribution in [-0.4, -0.2) is 43.3 Å². The molecule has 1 unspecified atom stereocenters. The predicted molar refractivity (Wildman–Crippen MR) is 66.5 cm³/mol. The molecule has 0 aromatic carbocycles. The van der Waals surface area contributed by atoms with Gasteiger partial charge < -0.3 is 10.5 Å². The summed E-state index contributed by atoms with van der Waals surface area (Å²) in [6.45, 7) is 3.72. The number of nitrogens with zero attached hydrogens (tertiary/aromatic N) is 1. The Kier molecular flexibility index (Phi) is 5.07. The Bertz CT molecular complexity index is 188. The quantitative estimate of drug-likeness (QED) is 0.745. The van der Waals surface area contributed by atoms with Crippen LogP contribution in [0, 0.1) is 0 Å². The lowest BCUT2D eigenvalue weighted by Crippen LogP contribution is -2.51. The summed E-state index contributed by atoms with van der Waals surface area (Å²) in [4.78, 5) is 2.70. The van der Waals surface area contributed by atoms with Crippen molar-refractivity contribution in [1.29, 1.82) is 0 Å². The fourth-order valence-electron chi connectivity index (χ4n) is 3.18. The summed E-state index contributed by atoms with van der Waals surface area (Å²) in [5, 5.41) is 0. The van der Waals surface area contributed by atoms with Crippen LogP contribution >= 0.6 is 0 Å². The molecule has 0 amide bonds. The van der Waals surface area contributed by atoms with Crippen molar-refractivity contribution >= 4 is 0 Å². The molecular formula is C13H26N2O. The van der Waals surface area contributed by atoms with Crippen LogP contribution in [-0.2, 0) is 4.74 Å². The number of hydrogen-bond donors (Lipinski definition) is 1. The van der Waals surface area contributed by atoms with Gasteiger partial charge in [-0.2, -0.15) is 0 Å². The molecule has 1 aliphatic heterocycles. The van der Waals surface area contributed by atoms with Gasteiger partial charge in [-0.25, -0.2) is 0 Å². The third-order valence-corrected chi connectivity index (χ3v) is 4.07. The lowest BCUT2D eigenvalue weighted by atomic mass is 10.0. The van der Waals surface area contributed by atoms with Crippen LogP contribution in [0.3, 0.4) is 0 Å². The Hall–Kier alpha value is -0.120. The minimum Gasteiger partial charge on any atom is -0.378 e. The molecule has 0 aromatic heterocycles. The van der Waals surface area contributed by atoms with Crippen LogP contribution in [0.1, 0.15) is 44.9 Å². The summed E-state index contributed by atoms with van der Waals surface area (Å²) >= 11 is 0. The first kappa shape index (κ1) is 12.3. The molecular weight excluding hydrogens is 200 g/mol. The summed E-state index contributed by atoms with van der Waals surface area (Å²) in [6, 6.07) is 1.39. The zero-order valence-corrected chi connectivity index (χ0v) is 10.4. The average Bonchev–Trinajstić information content (AvgIpc) is 2.59. The van der Waals surface area contributed by atoms with Crippen molar-refractivity contribution in [3.63, 3.8) is 0 Å². The molecule has 2 N–H and O–H groups in total. The Morgan fingerprint density at radius 1 is 1.12 bits per heavy atom. The predicted octanol–water partition coefficient (Wildman–Crippen LogP) is 1.76. The Morgan fingerprint density at radius 2 is 1.88 bits per heavy atom. The first-order valence-corrected chi connectivity index (χ1v) is 6.95. The fourth-order valence-corrected chi connectivity index (χ4v) is 3.18. The smallest absolute Gasteiger partial charge is 0.0623 e. The molecule has 3 nitrogen and oxygen atoms in total. The topological polar surface area (TPSA) is 38.5 Å². The van der Waals surface area contributed by atoms with Gasteiger partial charge in [0.2, 0.25) is 0 Å². The van der Waals surface area contributed by atoms with Gasteiger partial charge in [0.15, 0.2) is 0 Å². The molecule has 0 spiro atoms. The van der Waals surface area contributed by atoms with Gasteiger partial charge in [-0.05, 0) is 25.8 Å². The van der Waals surface area contributed by atoms with Crippen molar-refractivity contribution < 1.29 is 4.74 Å². The lowest BCUT2D eigenvalue weighted by molar-refractivity contribution is -0.0336. The van der Waals surface area contributed by atoms with Gasteiger partial charge in [-0.1, -0.05) is 25.7 Å². The molecule has 1 saturated heterocycles. The molecule has 94 valence electrons. The standard InChI is InChI=1S/C13H26N2O/c14-8-7-13-11-16-10-9-15(13)12-5-3-1-2-4-6-12/h12-13H,1-11,14H2. The molecule has 3 heteroatoms. The molecule has 1 atom stereocenters. The number of morpholine rings is 1. The van der Waals surface area contributed by atoms with E-state index in [1.165, 1.54) is 38.5 Å². The van der Waals surface area contributed by atoms with Gasteiger partial charge in [0.05, 0.1) is 13.2 Å². The second-order valence-electron chi connectivity index (χ2n) is 5.19. The summed E-state index contributed by atoms with van der Waals surface area (Å²) in [7, 11) is 0. The van der Waals surface area contributed by atoms with Crippen molar-refractivity contribution in [2.75, 3.05) is 26.3 Å². The monoisotopic (exact) mass is 226 g/mol. The van der Waals surface area contributed by atoms with Crippen molar-refractivity contribution in [3.05, 3.63) is 0 Å². The maximum absolute atomic E-state index is 5.70. The average molecular weight is 226 g/mol. The van der Waals surface area contributed by atoms with E-state index in [2.05, 4.69) is 4.90 Å². The minimum atomic E-state index is 0.585. The Labute approximate surface area is 99.3 Å². The highest BCUT2D eigenvalue weighted by molar-refractivity contribution is 4.83. The van der Waals surface area contributed by atoms with Gasteiger partial charge in [-0.3, -0.25) is 4.90 Å². The van der Waals surface area contributed by atoms with E-state index in [4.69, 9.17) is 10.5 Å². The lowest BCUT2D eigenvalue weighted by Gasteiger charge is -2.41. The van der Waals surface area contributed by atoms with Crippen molar-refractivity contribution in [3.8, 4) is 0 Å².